The van der Waals surface area contributed by atoms with Crippen molar-refractivity contribution in [3.8, 4) is 0 Å². The Labute approximate surface area is 77.4 Å². The molecular weight excluding hydrogens is 166 g/mol. The van der Waals surface area contributed by atoms with Crippen molar-refractivity contribution in [3.63, 3.8) is 0 Å². The molecule has 0 aliphatic carbocycles. The number of nitrogens with zero attached hydrogens (tertiary/aromatic N) is 3. The number of nitrogens with two attached hydrogens (primary N) is 2. The molecule has 0 unspecified atom stereocenters. The van der Waals surface area contributed by atoms with Gasteiger partial charge < -0.3 is 11.6 Å². The molecule has 0 spiro atoms. The van der Waals surface area contributed by atoms with E-state index in [4.69, 9.17) is 11.6 Å². The molecule has 1 heterocycles. The zero-order valence-electron chi connectivity index (χ0n) is 8.15. The van der Waals surface area contributed by atoms with Crippen LogP contribution in [0.3, 0.4) is 0 Å². The summed E-state index contributed by atoms with van der Waals surface area (Å²) in [6, 6.07) is 0. The van der Waals surface area contributed by atoms with Gasteiger partial charge in [-0.25, -0.2) is 4.68 Å². The summed E-state index contributed by atoms with van der Waals surface area (Å²) in [4.78, 5) is 0. The summed E-state index contributed by atoms with van der Waals surface area (Å²) in [5.74, 6) is 5.63. The summed E-state index contributed by atoms with van der Waals surface area (Å²) in [5.41, 5.74) is 7.62. The highest BCUT2D eigenvalue weighted by atomic mass is 15.4. The molecule has 5 nitrogen and oxygen atoms in total. The fraction of sp³-hybridized carbons (Fsp3) is 0.500. The Hall–Kier alpha value is -1.52. The average Bonchev–Trinajstić information content (AvgIpc) is 2.46. The van der Waals surface area contributed by atoms with Crippen molar-refractivity contribution in [1.82, 2.24) is 9.78 Å². The number of aromatic nitrogens is 2. The van der Waals surface area contributed by atoms with E-state index in [1.807, 2.05) is 13.1 Å². The minimum atomic E-state index is 0.204. The van der Waals surface area contributed by atoms with Crippen LogP contribution in [0.15, 0.2) is 11.3 Å². The highest BCUT2D eigenvalue weighted by molar-refractivity contribution is 5.79. The lowest BCUT2D eigenvalue weighted by molar-refractivity contribution is 0.776. The van der Waals surface area contributed by atoms with E-state index in [0.29, 0.717) is 5.92 Å². The Morgan fingerprint density at radius 2 is 2.23 bits per heavy atom. The summed E-state index contributed by atoms with van der Waals surface area (Å²) < 4.78 is 1.49. The zero-order chi connectivity index (χ0) is 10.0. The maximum Gasteiger partial charge on any atom is 0.238 e. The number of hydrogen-bond donors (Lipinski definition) is 2. The van der Waals surface area contributed by atoms with Crippen molar-refractivity contribution in [2.75, 3.05) is 0 Å². The van der Waals surface area contributed by atoms with Gasteiger partial charge in [0.15, 0.2) is 0 Å². The van der Waals surface area contributed by atoms with Crippen LogP contribution in [0.4, 0.5) is 0 Å². The molecule has 0 fully saturated rings. The molecule has 1 aromatic heterocycles. The molecule has 0 bridgehead atoms. The van der Waals surface area contributed by atoms with Gasteiger partial charge in [0, 0.05) is 6.20 Å². The number of rotatable bonds is 1. The van der Waals surface area contributed by atoms with Gasteiger partial charge in [-0.05, 0) is 18.4 Å². The average molecular weight is 181 g/mol. The van der Waals surface area contributed by atoms with E-state index in [1.165, 1.54) is 4.68 Å². The Balaban J connectivity index is 3.09. The predicted octanol–water partition coefficient (Wildman–Crippen LogP) is 0.351. The van der Waals surface area contributed by atoms with E-state index < -0.39 is 0 Å². The minimum Gasteiger partial charge on any atom is -0.367 e. The van der Waals surface area contributed by atoms with Crippen LogP contribution >= 0.6 is 0 Å². The van der Waals surface area contributed by atoms with Crippen LogP contribution in [-0.4, -0.2) is 15.7 Å². The highest BCUT2D eigenvalue weighted by Crippen LogP contribution is 2.15. The molecule has 0 amide bonds. The second-order valence-electron chi connectivity index (χ2n) is 3.28. The van der Waals surface area contributed by atoms with Gasteiger partial charge in [-0.3, -0.25) is 0 Å². The Morgan fingerprint density at radius 1 is 1.62 bits per heavy atom. The van der Waals surface area contributed by atoms with Gasteiger partial charge >= 0.3 is 0 Å². The number of aryl methyl sites for hydroxylation is 1. The molecule has 5 heteroatoms. The Morgan fingerprint density at radius 3 is 2.62 bits per heavy atom. The van der Waals surface area contributed by atoms with Crippen LogP contribution in [-0.2, 0) is 0 Å². The molecule has 0 aromatic carbocycles. The van der Waals surface area contributed by atoms with Crippen molar-refractivity contribution in [3.05, 3.63) is 17.5 Å². The molecule has 1 rings (SSSR count). The minimum absolute atomic E-state index is 0.204. The van der Waals surface area contributed by atoms with E-state index in [2.05, 4.69) is 24.0 Å². The summed E-state index contributed by atoms with van der Waals surface area (Å²) >= 11 is 0. The molecule has 0 atom stereocenters. The molecule has 1 aromatic rings. The second kappa shape index (κ2) is 3.47. The first-order valence-corrected chi connectivity index (χ1v) is 4.16. The fourth-order valence-electron chi connectivity index (χ4n) is 1.22. The van der Waals surface area contributed by atoms with Crippen molar-refractivity contribution >= 4 is 5.96 Å². The molecular formula is C8H15N5. The smallest absolute Gasteiger partial charge is 0.238 e. The molecule has 72 valence electrons. The van der Waals surface area contributed by atoms with Gasteiger partial charge in [0.2, 0.25) is 5.96 Å². The predicted molar refractivity (Wildman–Crippen MR) is 52.3 cm³/mol. The Bertz CT molecular complexity index is 323. The number of hydrazone groups is 1. The topological polar surface area (TPSA) is 82.2 Å². The molecule has 0 radical (unpaired) electrons. The van der Waals surface area contributed by atoms with E-state index >= 15 is 0 Å². The summed E-state index contributed by atoms with van der Waals surface area (Å²) in [7, 11) is 0. The fourth-order valence-corrected chi connectivity index (χ4v) is 1.22. The lowest BCUT2D eigenvalue weighted by atomic mass is 10.1. The van der Waals surface area contributed by atoms with Crippen LogP contribution < -0.4 is 11.6 Å². The highest BCUT2D eigenvalue weighted by Gasteiger charge is 2.09. The van der Waals surface area contributed by atoms with Gasteiger partial charge in [-0.15, -0.1) is 5.10 Å². The lowest BCUT2D eigenvalue weighted by Gasteiger charge is -2.00. The second-order valence-corrected chi connectivity index (χ2v) is 3.28. The van der Waals surface area contributed by atoms with Crippen molar-refractivity contribution in [2.24, 2.45) is 16.7 Å². The van der Waals surface area contributed by atoms with E-state index in [-0.39, 0.29) is 5.96 Å². The summed E-state index contributed by atoms with van der Waals surface area (Å²) in [5, 5.41) is 7.63. The van der Waals surface area contributed by atoms with Gasteiger partial charge in [0.25, 0.3) is 0 Å². The third kappa shape index (κ3) is 1.80. The van der Waals surface area contributed by atoms with Crippen LogP contribution in [0.2, 0.25) is 0 Å². The van der Waals surface area contributed by atoms with Crippen LogP contribution in [0.1, 0.15) is 31.0 Å². The van der Waals surface area contributed by atoms with E-state index in [0.717, 1.165) is 11.3 Å². The quantitative estimate of drug-likeness (QED) is 0.284. The molecule has 0 aliphatic heterocycles. The molecule has 0 aliphatic rings. The first-order chi connectivity index (χ1) is 6.06. The maximum absolute atomic E-state index is 5.50. The normalized spacial score (nSPS) is 12.5. The molecule has 0 saturated carbocycles. The Kier molecular flexibility index (Phi) is 2.55. The third-order valence-electron chi connectivity index (χ3n) is 1.85. The van der Waals surface area contributed by atoms with Crippen molar-refractivity contribution < 1.29 is 0 Å². The van der Waals surface area contributed by atoms with Crippen molar-refractivity contribution in [1.29, 1.82) is 0 Å². The van der Waals surface area contributed by atoms with Gasteiger partial charge in [-0.2, -0.15) is 5.10 Å². The molecule has 13 heavy (non-hydrogen) atoms. The zero-order valence-corrected chi connectivity index (χ0v) is 8.15. The summed E-state index contributed by atoms with van der Waals surface area (Å²) in [6.07, 6.45) is 1.82. The van der Waals surface area contributed by atoms with Gasteiger partial charge in [0.05, 0.1) is 5.69 Å². The van der Waals surface area contributed by atoms with Crippen LogP contribution in [0.5, 0.6) is 0 Å². The standard InChI is InChI=1S/C8H15N5/c1-5(2)7-6(3)4-13(12-7)8(9)11-10/h4-5H,10H2,1-3H3,(H2,9,11). The summed E-state index contributed by atoms with van der Waals surface area (Å²) in [6.45, 7) is 6.15. The van der Waals surface area contributed by atoms with E-state index in [1.54, 1.807) is 0 Å². The van der Waals surface area contributed by atoms with E-state index in [9.17, 15) is 0 Å². The van der Waals surface area contributed by atoms with Gasteiger partial charge in [0.1, 0.15) is 0 Å². The maximum atomic E-state index is 5.50. The first kappa shape index (κ1) is 9.57. The van der Waals surface area contributed by atoms with Gasteiger partial charge in [-0.1, -0.05) is 13.8 Å². The first-order valence-electron chi connectivity index (χ1n) is 4.16. The monoisotopic (exact) mass is 181 g/mol. The lowest BCUT2D eigenvalue weighted by Crippen LogP contribution is -2.24. The van der Waals surface area contributed by atoms with Crippen LogP contribution in [0.25, 0.3) is 0 Å². The van der Waals surface area contributed by atoms with Crippen LogP contribution in [0, 0.1) is 6.92 Å². The SMILES string of the molecule is Cc1cn(C(N)=NN)nc1C(C)C. The van der Waals surface area contributed by atoms with Crippen molar-refractivity contribution in [2.45, 2.75) is 26.7 Å². The molecule has 4 N–H and O–H groups in total. The molecule has 0 saturated heterocycles. The largest absolute Gasteiger partial charge is 0.367 e. The number of hydrogen-bond acceptors (Lipinski definition) is 3. The third-order valence-corrected chi connectivity index (χ3v) is 1.85.